The fraction of sp³-hybridized carbons (Fsp3) is 0.407. The summed E-state index contributed by atoms with van der Waals surface area (Å²) >= 11 is 0. The summed E-state index contributed by atoms with van der Waals surface area (Å²) in [6.07, 6.45) is 0. The van der Waals surface area contributed by atoms with Crippen LogP contribution < -0.4 is 0 Å². The normalized spacial score (nSPS) is 12.1. The van der Waals surface area contributed by atoms with Crippen molar-refractivity contribution in [2.45, 2.75) is 69.2 Å². The van der Waals surface area contributed by atoms with Crippen molar-refractivity contribution >= 4 is 32.6 Å². The highest BCUT2D eigenvalue weighted by Crippen LogP contribution is 2.44. The zero-order valence-corrected chi connectivity index (χ0v) is 19.4. The molecule has 1 nitrogen and oxygen atoms in total. The van der Waals surface area contributed by atoms with Crippen molar-refractivity contribution in [1.29, 1.82) is 0 Å². The molecule has 0 fully saturated rings. The predicted octanol–water partition coefficient (Wildman–Crippen LogP) is 7.57. The molecular weight excluding hydrogens is 338 g/mol. The highest BCUT2D eigenvalue weighted by Gasteiger charge is 2.23. The van der Waals surface area contributed by atoms with Crippen molar-refractivity contribution in [1.82, 2.24) is 4.57 Å². The lowest BCUT2D eigenvalue weighted by Crippen LogP contribution is -2.00. The van der Waals surface area contributed by atoms with Crippen LogP contribution in [0.1, 0.15) is 55.6 Å². The average Bonchev–Trinajstić information content (AvgIpc) is 2.97. The minimum Gasteiger partial charge on any atom is -0.343 e. The van der Waals surface area contributed by atoms with E-state index in [2.05, 4.69) is 80.9 Å². The molecule has 146 valence electrons. The standard InChI is InChI=1S/C27H33N/c1-12-13(2)17(6)23-21(10)27-25(20(9)22(23)16(12)5)24-18(7)14(3)15(4)19(8)26(24)28(27)11/h1-11H3. The van der Waals surface area contributed by atoms with E-state index >= 15 is 0 Å². The Hall–Kier alpha value is -2.28. The largest absolute Gasteiger partial charge is 0.343 e. The monoisotopic (exact) mass is 371 g/mol. The minimum absolute atomic E-state index is 1.40. The van der Waals surface area contributed by atoms with Gasteiger partial charge in [-0.1, -0.05) is 0 Å². The molecule has 0 N–H and O–H groups in total. The molecule has 0 aliphatic rings. The Kier molecular flexibility index (Phi) is 3.99. The van der Waals surface area contributed by atoms with Gasteiger partial charge in [0.25, 0.3) is 0 Å². The molecule has 3 aromatic carbocycles. The van der Waals surface area contributed by atoms with Gasteiger partial charge in [-0.3, -0.25) is 0 Å². The Morgan fingerprint density at radius 2 is 0.643 bits per heavy atom. The van der Waals surface area contributed by atoms with Gasteiger partial charge in [-0.05, 0) is 136 Å². The molecule has 0 aliphatic carbocycles. The van der Waals surface area contributed by atoms with Gasteiger partial charge in [-0.2, -0.15) is 0 Å². The van der Waals surface area contributed by atoms with Gasteiger partial charge < -0.3 is 4.57 Å². The quantitative estimate of drug-likeness (QED) is 0.300. The van der Waals surface area contributed by atoms with Gasteiger partial charge in [0, 0.05) is 17.8 Å². The van der Waals surface area contributed by atoms with E-state index in [0.29, 0.717) is 0 Å². The third kappa shape index (κ3) is 2.03. The summed E-state index contributed by atoms with van der Waals surface area (Å²) in [5, 5.41) is 5.83. The van der Waals surface area contributed by atoms with Crippen LogP contribution in [0.15, 0.2) is 0 Å². The molecule has 0 aliphatic heterocycles. The third-order valence-corrected chi connectivity index (χ3v) is 7.98. The Morgan fingerprint density at radius 1 is 0.321 bits per heavy atom. The van der Waals surface area contributed by atoms with Crippen LogP contribution in [-0.2, 0) is 7.05 Å². The van der Waals surface area contributed by atoms with E-state index in [1.54, 1.807) is 0 Å². The smallest absolute Gasteiger partial charge is 0.0527 e. The Morgan fingerprint density at radius 3 is 1.14 bits per heavy atom. The van der Waals surface area contributed by atoms with Crippen LogP contribution in [0.3, 0.4) is 0 Å². The summed E-state index contributed by atoms with van der Waals surface area (Å²) in [5.74, 6) is 0. The molecule has 1 heteroatoms. The molecule has 0 bridgehead atoms. The average molecular weight is 372 g/mol. The van der Waals surface area contributed by atoms with Gasteiger partial charge in [0.05, 0.1) is 11.0 Å². The summed E-state index contributed by atoms with van der Waals surface area (Å²) in [6, 6.07) is 0. The van der Waals surface area contributed by atoms with E-state index in [1.165, 1.54) is 88.2 Å². The lowest BCUT2D eigenvalue weighted by molar-refractivity contribution is 0.999. The molecule has 4 aromatic rings. The van der Waals surface area contributed by atoms with Crippen molar-refractivity contribution in [3.8, 4) is 0 Å². The van der Waals surface area contributed by atoms with Crippen LogP contribution in [0.25, 0.3) is 32.6 Å². The molecule has 1 aromatic heterocycles. The molecular formula is C27H33N. The van der Waals surface area contributed by atoms with Crippen molar-refractivity contribution in [3.63, 3.8) is 0 Å². The van der Waals surface area contributed by atoms with Gasteiger partial charge in [-0.15, -0.1) is 0 Å². The van der Waals surface area contributed by atoms with Gasteiger partial charge in [-0.25, -0.2) is 0 Å². The first-order chi connectivity index (χ1) is 13.0. The van der Waals surface area contributed by atoms with Gasteiger partial charge >= 0.3 is 0 Å². The number of hydrogen-bond donors (Lipinski definition) is 0. The topological polar surface area (TPSA) is 4.93 Å². The number of nitrogens with zero attached hydrogens (tertiary/aromatic N) is 1. The maximum absolute atomic E-state index is 2.46. The van der Waals surface area contributed by atoms with Gasteiger partial charge in [0.2, 0.25) is 0 Å². The first kappa shape index (κ1) is 19.1. The maximum Gasteiger partial charge on any atom is 0.0527 e. The third-order valence-electron chi connectivity index (χ3n) is 7.98. The molecule has 28 heavy (non-hydrogen) atoms. The summed E-state index contributed by atoms with van der Waals surface area (Å²) in [4.78, 5) is 0. The van der Waals surface area contributed by atoms with E-state index < -0.39 is 0 Å². The van der Waals surface area contributed by atoms with Gasteiger partial charge in [0.1, 0.15) is 0 Å². The number of rotatable bonds is 0. The first-order valence-electron chi connectivity index (χ1n) is 10.4. The molecule has 0 saturated carbocycles. The SMILES string of the molecule is Cc1c(C)c(C)c2c(C)c3c(c(C)c2c1C)c1c(C)c(C)c(C)c(C)c1n3C. The number of hydrogen-bond acceptors (Lipinski definition) is 0. The maximum atomic E-state index is 2.46. The number of fused-ring (bicyclic) bond motifs is 4. The fourth-order valence-electron chi connectivity index (χ4n) is 5.71. The van der Waals surface area contributed by atoms with E-state index in [0.717, 1.165) is 0 Å². The molecule has 0 saturated heterocycles. The van der Waals surface area contributed by atoms with Crippen molar-refractivity contribution < 1.29 is 0 Å². The lowest BCUT2D eigenvalue weighted by Gasteiger charge is -2.20. The van der Waals surface area contributed by atoms with E-state index in [-0.39, 0.29) is 0 Å². The van der Waals surface area contributed by atoms with Crippen LogP contribution in [0.4, 0.5) is 0 Å². The minimum atomic E-state index is 1.40. The van der Waals surface area contributed by atoms with Crippen molar-refractivity contribution in [2.75, 3.05) is 0 Å². The molecule has 4 rings (SSSR count). The second kappa shape index (κ2) is 5.86. The second-order valence-electron chi connectivity index (χ2n) is 9.01. The molecule has 0 amide bonds. The lowest BCUT2D eigenvalue weighted by atomic mass is 9.85. The predicted molar refractivity (Wildman–Crippen MR) is 125 cm³/mol. The molecule has 1 heterocycles. The van der Waals surface area contributed by atoms with Crippen LogP contribution in [0.2, 0.25) is 0 Å². The molecule has 0 spiro atoms. The van der Waals surface area contributed by atoms with Crippen LogP contribution in [0.5, 0.6) is 0 Å². The molecule has 0 atom stereocenters. The van der Waals surface area contributed by atoms with Crippen LogP contribution in [-0.4, -0.2) is 4.57 Å². The van der Waals surface area contributed by atoms with Crippen LogP contribution in [0, 0.1) is 69.2 Å². The zero-order valence-electron chi connectivity index (χ0n) is 19.4. The fourth-order valence-corrected chi connectivity index (χ4v) is 5.71. The number of aromatic nitrogens is 1. The molecule has 0 radical (unpaired) electrons. The molecule has 0 unspecified atom stereocenters. The summed E-state index contributed by atoms with van der Waals surface area (Å²) < 4.78 is 2.46. The zero-order chi connectivity index (χ0) is 20.8. The first-order valence-corrected chi connectivity index (χ1v) is 10.4. The van der Waals surface area contributed by atoms with Crippen molar-refractivity contribution in [3.05, 3.63) is 55.6 Å². The highest BCUT2D eigenvalue weighted by atomic mass is 14.9. The van der Waals surface area contributed by atoms with E-state index in [9.17, 15) is 0 Å². The van der Waals surface area contributed by atoms with E-state index in [1.807, 2.05) is 0 Å². The Bertz CT molecular complexity index is 1340. The summed E-state index contributed by atoms with van der Waals surface area (Å²) in [6.45, 7) is 23.0. The highest BCUT2D eigenvalue weighted by molar-refractivity contribution is 6.20. The Balaban J connectivity index is 2.49. The number of aryl methyl sites for hydroxylation is 7. The summed E-state index contributed by atoms with van der Waals surface area (Å²) in [5.41, 5.74) is 17.1. The second-order valence-corrected chi connectivity index (χ2v) is 9.01. The Labute approximate surface area is 169 Å². The van der Waals surface area contributed by atoms with E-state index in [4.69, 9.17) is 0 Å². The number of benzene rings is 3. The van der Waals surface area contributed by atoms with Crippen molar-refractivity contribution in [2.24, 2.45) is 7.05 Å². The summed E-state index contributed by atoms with van der Waals surface area (Å²) in [7, 11) is 2.26. The van der Waals surface area contributed by atoms with Gasteiger partial charge in [0.15, 0.2) is 0 Å². The van der Waals surface area contributed by atoms with Crippen LogP contribution >= 0.6 is 0 Å².